The maximum Gasteiger partial charge on any atom is 0.319 e. The van der Waals surface area contributed by atoms with Gasteiger partial charge in [-0.2, -0.15) is 0 Å². The first-order valence-corrected chi connectivity index (χ1v) is 5.98. The predicted molar refractivity (Wildman–Crippen MR) is 69.8 cm³/mol. The number of ether oxygens (including phenoxy) is 1. The van der Waals surface area contributed by atoms with Crippen LogP contribution < -0.4 is 5.32 Å². The Morgan fingerprint density at radius 3 is 2.84 bits per heavy atom. The van der Waals surface area contributed by atoms with Crippen LogP contribution in [0.25, 0.3) is 5.69 Å². The third kappa shape index (κ3) is 3.38. The summed E-state index contributed by atoms with van der Waals surface area (Å²) in [5.41, 5.74) is 1.72. The maximum atomic E-state index is 11.0. The Morgan fingerprint density at radius 1 is 1.42 bits per heavy atom. The van der Waals surface area contributed by atoms with Crippen LogP contribution in [-0.4, -0.2) is 34.6 Å². The van der Waals surface area contributed by atoms with Crippen molar-refractivity contribution < 1.29 is 9.53 Å². The second-order valence-corrected chi connectivity index (χ2v) is 4.10. The van der Waals surface area contributed by atoms with Crippen LogP contribution in [-0.2, 0) is 9.53 Å². The Labute approximate surface area is 111 Å². The number of hydrogen-bond acceptors (Lipinski definition) is 5. The van der Waals surface area contributed by atoms with E-state index in [2.05, 4.69) is 20.4 Å². The molecular weight excluding hydrogens is 244 g/mol. The van der Waals surface area contributed by atoms with Gasteiger partial charge in [-0.25, -0.2) is 4.68 Å². The van der Waals surface area contributed by atoms with E-state index in [1.165, 1.54) is 7.11 Å². The lowest BCUT2D eigenvalue weighted by Crippen LogP contribution is -2.26. The third-order valence-corrected chi connectivity index (χ3v) is 2.76. The fraction of sp³-hybridized carbons (Fsp3) is 0.308. The summed E-state index contributed by atoms with van der Waals surface area (Å²) in [5.74, 6) is -0.303. The number of aromatic nitrogens is 3. The minimum absolute atomic E-state index is 0.0726. The summed E-state index contributed by atoms with van der Waals surface area (Å²) in [5, 5.41) is 11.2. The third-order valence-electron chi connectivity index (χ3n) is 2.76. The molecule has 1 aromatic carbocycles. The van der Waals surface area contributed by atoms with Crippen molar-refractivity contribution in [1.82, 2.24) is 20.3 Å². The average Bonchev–Trinajstić information content (AvgIpc) is 2.95. The molecule has 19 heavy (non-hydrogen) atoms. The highest BCUT2D eigenvalue weighted by molar-refractivity contribution is 5.71. The van der Waals surface area contributed by atoms with Gasteiger partial charge in [-0.1, -0.05) is 23.4 Å². The van der Waals surface area contributed by atoms with Crippen molar-refractivity contribution in [3.8, 4) is 5.69 Å². The van der Waals surface area contributed by atoms with E-state index < -0.39 is 0 Å². The standard InChI is InChI=1S/C13H16N4O2/c1-10(14-8-13(18)19-2)12-9-17(16-15-12)11-6-4-3-5-7-11/h3-7,9-10,14H,8H2,1-2H3/t10-/m0/s1. The molecule has 6 heteroatoms. The fourth-order valence-corrected chi connectivity index (χ4v) is 1.60. The smallest absolute Gasteiger partial charge is 0.319 e. The Morgan fingerprint density at radius 2 is 2.16 bits per heavy atom. The van der Waals surface area contributed by atoms with Crippen molar-refractivity contribution in [1.29, 1.82) is 0 Å². The van der Waals surface area contributed by atoms with Gasteiger partial charge in [-0.3, -0.25) is 10.1 Å². The molecule has 0 fully saturated rings. The molecule has 0 radical (unpaired) electrons. The van der Waals surface area contributed by atoms with E-state index in [1.54, 1.807) is 4.68 Å². The summed E-state index contributed by atoms with van der Waals surface area (Å²) in [6, 6.07) is 9.65. The van der Waals surface area contributed by atoms with Crippen molar-refractivity contribution in [3.05, 3.63) is 42.2 Å². The molecule has 0 aliphatic rings. The zero-order chi connectivity index (χ0) is 13.7. The second kappa shape index (κ2) is 6.10. The predicted octanol–water partition coefficient (Wildman–Crippen LogP) is 1.09. The highest BCUT2D eigenvalue weighted by Crippen LogP contribution is 2.11. The van der Waals surface area contributed by atoms with E-state index in [-0.39, 0.29) is 18.6 Å². The van der Waals surface area contributed by atoms with Crippen LogP contribution in [0.4, 0.5) is 0 Å². The van der Waals surface area contributed by atoms with Gasteiger partial charge >= 0.3 is 5.97 Å². The summed E-state index contributed by atoms with van der Waals surface area (Å²) in [4.78, 5) is 11.0. The summed E-state index contributed by atoms with van der Waals surface area (Å²) in [7, 11) is 1.36. The van der Waals surface area contributed by atoms with Crippen LogP contribution >= 0.6 is 0 Å². The summed E-state index contributed by atoms with van der Waals surface area (Å²) in [6.45, 7) is 2.07. The highest BCUT2D eigenvalue weighted by Gasteiger charge is 2.11. The Kier molecular flexibility index (Phi) is 4.25. The van der Waals surface area contributed by atoms with E-state index >= 15 is 0 Å². The quantitative estimate of drug-likeness (QED) is 0.815. The molecule has 0 saturated heterocycles. The highest BCUT2D eigenvalue weighted by atomic mass is 16.5. The Bertz CT molecular complexity index is 539. The van der Waals surface area contributed by atoms with Crippen molar-refractivity contribution in [2.75, 3.05) is 13.7 Å². The fourth-order valence-electron chi connectivity index (χ4n) is 1.60. The molecule has 1 atom stereocenters. The van der Waals surface area contributed by atoms with Gasteiger partial charge in [0.15, 0.2) is 0 Å². The number of nitrogens with one attached hydrogen (secondary N) is 1. The SMILES string of the molecule is COC(=O)CN[C@@H](C)c1cn(-c2ccccc2)nn1. The molecule has 0 bridgehead atoms. The number of methoxy groups -OCH3 is 1. The van der Waals surface area contributed by atoms with Crippen LogP contribution in [0.2, 0.25) is 0 Å². The van der Waals surface area contributed by atoms with Crippen LogP contribution in [0.1, 0.15) is 18.7 Å². The molecular formula is C13H16N4O2. The minimum atomic E-state index is -0.303. The lowest BCUT2D eigenvalue weighted by atomic mass is 10.2. The first-order valence-electron chi connectivity index (χ1n) is 5.98. The Balaban J connectivity index is 2.03. The molecule has 0 amide bonds. The van der Waals surface area contributed by atoms with Gasteiger partial charge < -0.3 is 4.74 Å². The molecule has 1 aromatic heterocycles. The number of carbonyl (C=O) groups excluding carboxylic acids is 1. The first kappa shape index (κ1) is 13.2. The molecule has 2 rings (SSSR count). The van der Waals surface area contributed by atoms with Crippen molar-refractivity contribution in [2.24, 2.45) is 0 Å². The molecule has 1 N–H and O–H groups in total. The number of hydrogen-bond donors (Lipinski definition) is 1. The van der Waals surface area contributed by atoms with Gasteiger partial charge in [0.2, 0.25) is 0 Å². The zero-order valence-corrected chi connectivity index (χ0v) is 10.9. The molecule has 0 unspecified atom stereocenters. The molecule has 0 spiro atoms. The van der Waals surface area contributed by atoms with Gasteiger partial charge in [0.05, 0.1) is 37.3 Å². The molecule has 2 aromatic rings. The maximum absolute atomic E-state index is 11.0. The summed E-state index contributed by atoms with van der Waals surface area (Å²) < 4.78 is 6.27. The number of nitrogens with zero attached hydrogens (tertiary/aromatic N) is 3. The minimum Gasteiger partial charge on any atom is -0.468 e. The lowest BCUT2D eigenvalue weighted by molar-refractivity contribution is -0.139. The summed E-state index contributed by atoms with van der Waals surface area (Å²) in [6.07, 6.45) is 1.84. The van der Waals surface area contributed by atoms with Gasteiger partial charge in [0.25, 0.3) is 0 Å². The van der Waals surface area contributed by atoms with Gasteiger partial charge in [-0.05, 0) is 19.1 Å². The lowest BCUT2D eigenvalue weighted by Gasteiger charge is -2.08. The van der Waals surface area contributed by atoms with Crippen LogP contribution in [0.5, 0.6) is 0 Å². The van der Waals surface area contributed by atoms with Gasteiger partial charge in [0.1, 0.15) is 0 Å². The zero-order valence-electron chi connectivity index (χ0n) is 10.9. The number of rotatable bonds is 5. The average molecular weight is 260 g/mol. The van der Waals surface area contributed by atoms with Gasteiger partial charge in [0, 0.05) is 0 Å². The molecule has 0 saturated carbocycles. The van der Waals surface area contributed by atoms with E-state index in [1.807, 2.05) is 43.5 Å². The first-order chi connectivity index (χ1) is 9.20. The molecule has 100 valence electrons. The molecule has 0 aliphatic heterocycles. The topological polar surface area (TPSA) is 69.0 Å². The second-order valence-electron chi connectivity index (χ2n) is 4.10. The normalized spacial score (nSPS) is 12.1. The number of benzene rings is 1. The number of para-hydroxylation sites is 1. The molecule has 1 heterocycles. The van der Waals surface area contributed by atoms with Gasteiger partial charge in [-0.15, -0.1) is 5.10 Å². The van der Waals surface area contributed by atoms with Crippen molar-refractivity contribution in [2.45, 2.75) is 13.0 Å². The van der Waals surface area contributed by atoms with E-state index in [4.69, 9.17) is 0 Å². The summed E-state index contributed by atoms with van der Waals surface area (Å²) >= 11 is 0. The van der Waals surface area contributed by atoms with E-state index in [0.29, 0.717) is 0 Å². The van der Waals surface area contributed by atoms with Crippen molar-refractivity contribution >= 4 is 5.97 Å². The molecule has 0 aliphatic carbocycles. The van der Waals surface area contributed by atoms with E-state index in [0.717, 1.165) is 11.4 Å². The Hall–Kier alpha value is -2.21. The van der Waals surface area contributed by atoms with Crippen LogP contribution in [0.15, 0.2) is 36.5 Å². The van der Waals surface area contributed by atoms with Crippen LogP contribution in [0.3, 0.4) is 0 Å². The van der Waals surface area contributed by atoms with E-state index in [9.17, 15) is 4.79 Å². The van der Waals surface area contributed by atoms with Crippen LogP contribution in [0, 0.1) is 0 Å². The number of carbonyl (C=O) groups is 1. The van der Waals surface area contributed by atoms with Crippen molar-refractivity contribution in [3.63, 3.8) is 0 Å². The molecule has 6 nitrogen and oxygen atoms in total. The number of esters is 1. The monoisotopic (exact) mass is 260 g/mol. The largest absolute Gasteiger partial charge is 0.468 e.